The summed E-state index contributed by atoms with van der Waals surface area (Å²) in [4.78, 5) is 31.7. The Morgan fingerprint density at radius 3 is 2.81 bits per heavy atom. The molecule has 1 amide bonds. The lowest BCUT2D eigenvalue weighted by molar-refractivity contribution is -0.115. The molecule has 0 spiro atoms. The second-order valence-electron chi connectivity index (χ2n) is 5.96. The number of carbonyl (C=O) groups is 1. The Balaban J connectivity index is 1.72. The van der Waals surface area contributed by atoms with Crippen molar-refractivity contribution in [2.24, 2.45) is 0 Å². The quantitative estimate of drug-likeness (QED) is 0.458. The summed E-state index contributed by atoms with van der Waals surface area (Å²) in [6, 6.07) is 15.2. The van der Waals surface area contributed by atoms with E-state index in [1.165, 1.54) is 17.8 Å². The van der Waals surface area contributed by atoms with Crippen LogP contribution in [0.15, 0.2) is 58.5 Å². The normalized spacial score (nSPS) is 12.1. The number of nitrogens with zero attached hydrogens (tertiary/aromatic N) is 1. The minimum Gasteiger partial charge on any atom is -0.325 e. The second kappa shape index (κ2) is 9.10. The summed E-state index contributed by atoms with van der Waals surface area (Å²) in [5, 5.41) is 5.12. The Hall–Kier alpha value is -2.25. The molecule has 0 bridgehead atoms. The summed E-state index contributed by atoms with van der Waals surface area (Å²) in [5.74, 6) is 1.51. The molecule has 0 aliphatic heterocycles. The van der Waals surface area contributed by atoms with Crippen molar-refractivity contribution in [3.63, 3.8) is 0 Å². The minimum atomic E-state index is -0.402. The molecule has 2 N–H and O–H groups in total. The third-order valence-electron chi connectivity index (χ3n) is 3.93. The third-order valence-corrected chi connectivity index (χ3v) is 5.82. The highest BCUT2D eigenvalue weighted by atomic mass is 32.2. The van der Waals surface area contributed by atoms with Gasteiger partial charge in [-0.25, -0.2) is 4.98 Å². The van der Waals surface area contributed by atoms with Crippen LogP contribution in [0, 0.1) is 0 Å². The first-order valence-electron chi connectivity index (χ1n) is 8.70. The highest BCUT2D eigenvalue weighted by Crippen LogP contribution is 2.25. The van der Waals surface area contributed by atoms with Crippen molar-refractivity contribution in [3.05, 3.63) is 64.6 Å². The smallest absolute Gasteiger partial charge is 0.251 e. The van der Waals surface area contributed by atoms with Crippen LogP contribution in [0.5, 0.6) is 0 Å². The van der Waals surface area contributed by atoms with E-state index in [1.807, 2.05) is 42.5 Å². The summed E-state index contributed by atoms with van der Waals surface area (Å²) in [7, 11) is 0. The van der Waals surface area contributed by atoms with Gasteiger partial charge >= 0.3 is 0 Å². The number of benzene rings is 2. The average Bonchev–Trinajstić information content (AvgIpc) is 2.66. The molecule has 0 aliphatic rings. The topological polar surface area (TPSA) is 74.8 Å². The molecule has 2 aromatic carbocycles. The Kier molecular flexibility index (Phi) is 6.58. The molecular weight excluding hydrogens is 378 g/mol. The van der Waals surface area contributed by atoms with Crippen LogP contribution in [0.25, 0.3) is 10.8 Å². The Morgan fingerprint density at radius 1 is 1.22 bits per heavy atom. The lowest BCUT2D eigenvalue weighted by Gasteiger charge is -2.13. The molecule has 1 aromatic heterocycles. The first-order valence-corrected chi connectivity index (χ1v) is 10.7. The summed E-state index contributed by atoms with van der Waals surface area (Å²) in [6.07, 6.45) is 0. The number of H-pyrrole nitrogens is 1. The first kappa shape index (κ1) is 19.5. The summed E-state index contributed by atoms with van der Waals surface area (Å²) < 4.78 is 0. The van der Waals surface area contributed by atoms with E-state index in [0.717, 1.165) is 27.9 Å². The molecule has 1 unspecified atom stereocenters. The number of anilines is 1. The van der Waals surface area contributed by atoms with Gasteiger partial charge in [0.2, 0.25) is 5.91 Å². The van der Waals surface area contributed by atoms with E-state index in [2.05, 4.69) is 22.2 Å². The van der Waals surface area contributed by atoms with Crippen LogP contribution in [0.4, 0.5) is 5.69 Å². The predicted molar refractivity (Wildman–Crippen MR) is 115 cm³/mol. The van der Waals surface area contributed by atoms with Crippen LogP contribution in [-0.4, -0.2) is 26.9 Å². The molecule has 0 saturated carbocycles. The molecule has 0 radical (unpaired) electrons. The molecule has 7 heteroatoms. The van der Waals surface area contributed by atoms with Gasteiger partial charge in [-0.15, -0.1) is 0 Å². The van der Waals surface area contributed by atoms with Crippen LogP contribution in [0.2, 0.25) is 0 Å². The zero-order chi connectivity index (χ0) is 19.2. The molecule has 27 heavy (non-hydrogen) atoms. The van der Waals surface area contributed by atoms with Crippen LogP contribution in [-0.2, 0) is 10.5 Å². The SMILES string of the molecule is CCSCc1cc(=O)[nH]c(SC(C)C(=O)Nc2cccc3ccccc23)n1. The van der Waals surface area contributed by atoms with Gasteiger partial charge in [0, 0.05) is 22.9 Å². The molecule has 3 rings (SSSR count). The number of hydrogen-bond donors (Lipinski definition) is 2. The van der Waals surface area contributed by atoms with E-state index >= 15 is 0 Å². The van der Waals surface area contributed by atoms with Gasteiger partial charge in [0.25, 0.3) is 5.56 Å². The summed E-state index contributed by atoms with van der Waals surface area (Å²) in [5.41, 5.74) is 1.32. The number of thioether (sulfide) groups is 2. The largest absolute Gasteiger partial charge is 0.325 e. The number of fused-ring (bicyclic) bond motifs is 1. The number of amides is 1. The van der Waals surface area contributed by atoms with Gasteiger partial charge in [-0.3, -0.25) is 9.59 Å². The van der Waals surface area contributed by atoms with Crippen LogP contribution >= 0.6 is 23.5 Å². The van der Waals surface area contributed by atoms with Crippen LogP contribution < -0.4 is 10.9 Å². The third kappa shape index (κ3) is 5.14. The first-order chi connectivity index (χ1) is 13.1. The van der Waals surface area contributed by atoms with Crippen molar-refractivity contribution in [2.45, 2.75) is 30.0 Å². The average molecular weight is 400 g/mol. The highest BCUT2D eigenvalue weighted by Gasteiger charge is 2.17. The van der Waals surface area contributed by atoms with Crippen molar-refractivity contribution in [2.75, 3.05) is 11.1 Å². The van der Waals surface area contributed by atoms with Crippen molar-refractivity contribution in [3.8, 4) is 0 Å². The van der Waals surface area contributed by atoms with Gasteiger partial charge in [0.05, 0.1) is 10.9 Å². The fourth-order valence-corrected chi connectivity index (χ4v) is 4.00. The van der Waals surface area contributed by atoms with Crippen molar-refractivity contribution in [1.82, 2.24) is 9.97 Å². The standard InChI is InChI=1S/C20H21N3O2S2/c1-3-26-12-15-11-18(24)23-20(21-15)27-13(2)19(25)22-17-10-6-8-14-7-4-5-9-16(14)17/h4-11,13H,3,12H2,1-2H3,(H,22,25)(H,21,23,24). The molecule has 0 fully saturated rings. The van der Waals surface area contributed by atoms with Crippen molar-refractivity contribution < 1.29 is 4.79 Å². The van der Waals surface area contributed by atoms with E-state index in [0.29, 0.717) is 10.9 Å². The predicted octanol–water partition coefficient (Wildman–Crippen LogP) is 4.30. The van der Waals surface area contributed by atoms with Crippen LogP contribution in [0.3, 0.4) is 0 Å². The maximum absolute atomic E-state index is 12.6. The fraction of sp³-hybridized carbons (Fsp3) is 0.250. The monoisotopic (exact) mass is 399 g/mol. The van der Waals surface area contributed by atoms with Crippen molar-refractivity contribution >= 4 is 45.9 Å². The maximum Gasteiger partial charge on any atom is 0.251 e. The van der Waals surface area contributed by atoms with Gasteiger partial charge in [-0.2, -0.15) is 11.8 Å². The number of hydrogen-bond acceptors (Lipinski definition) is 5. The van der Waals surface area contributed by atoms with E-state index in [9.17, 15) is 9.59 Å². The Labute approximate surface area is 166 Å². The molecule has 1 heterocycles. The number of carbonyl (C=O) groups excluding carboxylic acids is 1. The van der Waals surface area contributed by atoms with Gasteiger partial charge in [-0.1, -0.05) is 55.1 Å². The fourth-order valence-electron chi connectivity index (χ4n) is 2.61. The van der Waals surface area contributed by atoms with Crippen LogP contribution in [0.1, 0.15) is 19.5 Å². The molecule has 3 aromatic rings. The summed E-state index contributed by atoms with van der Waals surface area (Å²) in [6.45, 7) is 3.87. The van der Waals surface area contributed by atoms with E-state index in [4.69, 9.17) is 0 Å². The molecular formula is C20H21N3O2S2. The number of rotatable bonds is 7. The number of aromatic nitrogens is 2. The second-order valence-corrected chi connectivity index (χ2v) is 8.56. The van der Waals surface area contributed by atoms with Gasteiger partial charge in [-0.05, 0) is 24.1 Å². The minimum absolute atomic E-state index is 0.132. The molecule has 0 aliphatic carbocycles. The molecule has 5 nitrogen and oxygen atoms in total. The Bertz CT molecular complexity index is 998. The lowest BCUT2D eigenvalue weighted by atomic mass is 10.1. The molecule has 0 saturated heterocycles. The maximum atomic E-state index is 12.6. The van der Waals surface area contributed by atoms with Gasteiger partial charge < -0.3 is 10.3 Å². The molecule has 1 atom stereocenters. The van der Waals surface area contributed by atoms with E-state index in [-0.39, 0.29) is 11.5 Å². The van der Waals surface area contributed by atoms with E-state index in [1.54, 1.807) is 18.7 Å². The highest BCUT2D eigenvalue weighted by molar-refractivity contribution is 8.00. The van der Waals surface area contributed by atoms with E-state index < -0.39 is 5.25 Å². The zero-order valence-corrected chi connectivity index (χ0v) is 16.8. The van der Waals surface area contributed by atoms with Crippen molar-refractivity contribution in [1.29, 1.82) is 0 Å². The zero-order valence-electron chi connectivity index (χ0n) is 15.2. The van der Waals surface area contributed by atoms with Gasteiger partial charge in [0.15, 0.2) is 5.16 Å². The molecule has 140 valence electrons. The Morgan fingerprint density at radius 2 is 2.00 bits per heavy atom. The lowest BCUT2D eigenvalue weighted by Crippen LogP contribution is -2.23. The summed E-state index contributed by atoms with van der Waals surface area (Å²) >= 11 is 2.95. The number of nitrogens with one attached hydrogen (secondary N) is 2. The van der Waals surface area contributed by atoms with Gasteiger partial charge in [0.1, 0.15) is 0 Å². The number of aromatic amines is 1.